The minimum atomic E-state index is 0.486. The van der Waals surface area contributed by atoms with Gasteiger partial charge in [-0.3, -0.25) is 0 Å². The summed E-state index contributed by atoms with van der Waals surface area (Å²) in [5, 5.41) is 0. The van der Waals surface area contributed by atoms with Crippen molar-refractivity contribution in [3.8, 4) is 0 Å². The molecule has 2 aliphatic rings. The van der Waals surface area contributed by atoms with Crippen molar-refractivity contribution < 1.29 is 4.74 Å². The Hall–Kier alpha value is -0.0400. The van der Waals surface area contributed by atoms with E-state index in [4.69, 9.17) is 4.74 Å². The third kappa shape index (κ3) is 2.61. The van der Waals surface area contributed by atoms with Gasteiger partial charge in [0.15, 0.2) is 0 Å². The lowest BCUT2D eigenvalue weighted by Gasteiger charge is -2.47. The molecule has 2 unspecified atom stereocenters. The molecule has 0 N–H and O–H groups in total. The van der Waals surface area contributed by atoms with Crippen LogP contribution in [-0.2, 0) is 4.74 Å². The molecule has 16 heavy (non-hydrogen) atoms. The molecule has 2 atom stereocenters. The minimum absolute atomic E-state index is 0.486. The van der Waals surface area contributed by atoms with Crippen LogP contribution < -0.4 is 0 Å². The number of ether oxygens (including phenoxy) is 1. The van der Waals surface area contributed by atoms with E-state index in [2.05, 4.69) is 27.7 Å². The van der Waals surface area contributed by atoms with Crippen molar-refractivity contribution in [3.05, 3.63) is 0 Å². The third-order valence-electron chi connectivity index (χ3n) is 4.94. The summed E-state index contributed by atoms with van der Waals surface area (Å²) in [5.41, 5.74) is 0.641. The molecule has 0 aromatic rings. The molecule has 0 bridgehead atoms. The quantitative estimate of drug-likeness (QED) is 0.641. The van der Waals surface area contributed by atoms with Crippen LogP contribution in [0.3, 0.4) is 0 Å². The van der Waals surface area contributed by atoms with Crippen LogP contribution in [0.15, 0.2) is 0 Å². The Bertz CT molecular complexity index is 214. The molecule has 1 heterocycles. The Balaban J connectivity index is 1.95. The van der Waals surface area contributed by atoms with Crippen molar-refractivity contribution in [2.75, 3.05) is 0 Å². The molecule has 0 aromatic carbocycles. The first kappa shape index (κ1) is 12.4. The van der Waals surface area contributed by atoms with Crippen molar-refractivity contribution >= 4 is 0 Å². The number of hydrogen-bond donors (Lipinski definition) is 0. The van der Waals surface area contributed by atoms with E-state index in [9.17, 15) is 0 Å². The molecule has 1 heteroatoms. The molecule has 1 saturated heterocycles. The van der Waals surface area contributed by atoms with Crippen LogP contribution in [0.2, 0.25) is 0 Å². The Morgan fingerprint density at radius 2 is 1.50 bits per heavy atom. The molecule has 1 aliphatic carbocycles. The van der Waals surface area contributed by atoms with Crippen LogP contribution in [0, 0.1) is 17.3 Å². The first-order valence-electron chi connectivity index (χ1n) is 7.16. The fourth-order valence-electron chi connectivity index (χ4n) is 4.12. The zero-order valence-corrected chi connectivity index (χ0v) is 11.5. The number of rotatable bonds is 1. The fourth-order valence-corrected chi connectivity index (χ4v) is 4.12. The van der Waals surface area contributed by atoms with Gasteiger partial charge >= 0.3 is 0 Å². The molecule has 1 nitrogen and oxygen atoms in total. The zero-order valence-electron chi connectivity index (χ0n) is 11.5. The predicted octanol–water partition coefficient (Wildman–Crippen LogP) is 4.41. The van der Waals surface area contributed by atoms with Crippen molar-refractivity contribution in [2.45, 2.75) is 78.4 Å². The SMILES string of the molecule is CC1CC2(CCC(C(C)C)CC2)CC(C)O1. The van der Waals surface area contributed by atoms with Gasteiger partial charge < -0.3 is 4.74 Å². The average molecular weight is 224 g/mol. The van der Waals surface area contributed by atoms with Gasteiger partial charge in [-0.25, -0.2) is 0 Å². The van der Waals surface area contributed by atoms with Crippen molar-refractivity contribution in [1.29, 1.82) is 0 Å². The highest BCUT2D eigenvalue weighted by molar-refractivity contribution is 4.91. The van der Waals surface area contributed by atoms with Crippen molar-refractivity contribution in [2.24, 2.45) is 17.3 Å². The van der Waals surface area contributed by atoms with Crippen LogP contribution in [0.5, 0.6) is 0 Å². The molecule has 1 spiro atoms. The minimum Gasteiger partial charge on any atom is -0.376 e. The molecule has 2 fully saturated rings. The topological polar surface area (TPSA) is 9.23 Å². The lowest BCUT2D eigenvalue weighted by Crippen LogP contribution is -2.41. The summed E-state index contributed by atoms with van der Waals surface area (Å²) in [6, 6.07) is 0. The zero-order chi connectivity index (χ0) is 11.8. The van der Waals surface area contributed by atoms with Crippen LogP contribution >= 0.6 is 0 Å². The maximum Gasteiger partial charge on any atom is 0.0555 e. The van der Waals surface area contributed by atoms with E-state index in [-0.39, 0.29) is 0 Å². The van der Waals surface area contributed by atoms with E-state index in [0.717, 1.165) is 11.8 Å². The molecular weight excluding hydrogens is 196 g/mol. The average Bonchev–Trinajstić information content (AvgIpc) is 2.16. The predicted molar refractivity (Wildman–Crippen MR) is 68.5 cm³/mol. The Kier molecular flexibility index (Phi) is 3.63. The van der Waals surface area contributed by atoms with Gasteiger partial charge in [0.25, 0.3) is 0 Å². The van der Waals surface area contributed by atoms with E-state index in [1.54, 1.807) is 0 Å². The van der Waals surface area contributed by atoms with E-state index in [1.165, 1.54) is 38.5 Å². The van der Waals surface area contributed by atoms with E-state index in [1.807, 2.05) is 0 Å². The lowest BCUT2D eigenvalue weighted by molar-refractivity contribution is -0.103. The van der Waals surface area contributed by atoms with Crippen LogP contribution in [0.4, 0.5) is 0 Å². The largest absolute Gasteiger partial charge is 0.376 e. The molecule has 1 saturated carbocycles. The first-order valence-corrected chi connectivity index (χ1v) is 7.16. The van der Waals surface area contributed by atoms with Gasteiger partial charge in [0.1, 0.15) is 0 Å². The van der Waals surface area contributed by atoms with E-state index < -0.39 is 0 Å². The van der Waals surface area contributed by atoms with E-state index >= 15 is 0 Å². The molecular formula is C15H28O. The van der Waals surface area contributed by atoms with Gasteiger partial charge in [0, 0.05) is 0 Å². The molecule has 0 aromatic heterocycles. The van der Waals surface area contributed by atoms with Gasteiger partial charge in [-0.05, 0) is 69.6 Å². The van der Waals surface area contributed by atoms with Crippen LogP contribution in [0.1, 0.15) is 66.2 Å². The highest BCUT2D eigenvalue weighted by atomic mass is 16.5. The summed E-state index contributed by atoms with van der Waals surface area (Å²) >= 11 is 0. The highest BCUT2D eigenvalue weighted by Gasteiger charge is 2.41. The third-order valence-corrected chi connectivity index (χ3v) is 4.94. The van der Waals surface area contributed by atoms with Gasteiger partial charge in [-0.15, -0.1) is 0 Å². The maximum atomic E-state index is 5.89. The van der Waals surface area contributed by atoms with Crippen molar-refractivity contribution in [1.82, 2.24) is 0 Å². The molecule has 0 amide bonds. The summed E-state index contributed by atoms with van der Waals surface area (Å²) in [7, 11) is 0. The standard InChI is InChI=1S/C15H28O/c1-11(2)14-5-7-15(8-6-14)9-12(3)16-13(4)10-15/h11-14H,5-10H2,1-4H3. The fraction of sp³-hybridized carbons (Fsp3) is 1.00. The Labute approximate surface area is 101 Å². The summed E-state index contributed by atoms with van der Waals surface area (Å²) < 4.78 is 5.89. The van der Waals surface area contributed by atoms with E-state index in [0.29, 0.717) is 17.6 Å². The van der Waals surface area contributed by atoms with Gasteiger partial charge in [0.05, 0.1) is 12.2 Å². The number of hydrogen-bond acceptors (Lipinski definition) is 1. The molecule has 0 radical (unpaired) electrons. The van der Waals surface area contributed by atoms with Crippen molar-refractivity contribution in [3.63, 3.8) is 0 Å². The van der Waals surface area contributed by atoms with Gasteiger partial charge in [0.2, 0.25) is 0 Å². The van der Waals surface area contributed by atoms with Gasteiger partial charge in [-0.2, -0.15) is 0 Å². The normalized spacial score (nSPS) is 45.2. The summed E-state index contributed by atoms with van der Waals surface area (Å²) in [6.45, 7) is 9.29. The Morgan fingerprint density at radius 1 is 1.00 bits per heavy atom. The molecule has 2 rings (SSSR count). The molecule has 94 valence electrons. The second-order valence-electron chi connectivity index (χ2n) is 6.75. The molecule has 1 aliphatic heterocycles. The van der Waals surface area contributed by atoms with Crippen LogP contribution in [0.25, 0.3) is 0 Å². The van der Waals surface area contributed by atoms with Gasteiger partial charge in [-0.1, -0.05) is 13.8 Å². The smallest absolute Gasteiger partial charge is 0.0555 e. The summed E-state index contributed by atoms with van der Waals surface area (Å²) in [6.07, 6.45) is 9.40. The Morgan fingerprint density at radius 3 is 1.94 bits per heavy atom. The first-order chi connectivity index (χ1) is 7.51. The van der Waals surface area contributed by atoms with Crippen LogP contribution in [-0.4, -0.2) is 12.2 Å². The second-order valence-corrected chi connectivity index (χ2v) is 6.75. The lowest BCUT2D eigenvalue weighted by atomic mass is 9.63. The highest BCUT2D eigenvalue weighted by Crippen LogP contribution is 2.49. The summed E-state index contributed by atoms with van der Waals surface area (Å²) in [5.74, 6) is 1.87. The monoisotopic (exact) mass is 224 g/mol. The maximum absolute atomic E-state index is 5.89. The second kappa shape index (κ2) is 4.68. The summed E-state index contributed by atoms with van der Waals surface area (Å²) in [4.78, 5) is 0.